The van der Waals surface area contributed by atoms with Crippen LogP contribution in [-0.4, -0.2) is 27.0 Å². The lowest BCUT2D eigenvalue weighted by atomic mass is 10.0. The van der Waals surface area contributed by atoms with Gasteiger partial charge in [0.15, 0.2) is 5.65 Å². The highest BCUT2D eigenvalue weighted by atomic mass is 79.9. The van der Waals surface area contributed by atoms with Gasteiger partial charge in [-0.25, -0.2) is 13.9 Å². The Labute approximate surface area is 146 Å². The Morgan fingerprint density at radius 1 is 1.33 bits per heavy atom. The lowest BCUT2D eigenvalue weighted by Crippen LogP contribution is -2.36. The van der Waals surface area contributed by atoms with E-state index in [2.05, 4.69) is 26.0 Å². The molecule has 0 fully saturated rings. The van der Waals surface area contributed by atoms with Gasteiger partial charge in [-0.3, -0.25) is 4.79 Å². The molecule has 0 spiro atoms. The SMILES string of the molecule is Cc1cc(C(=O)N2CCCc3cc(F)ccc32)nn2c(Br)cnc12. The van der Waals surface area contributed by atoms with Crippen molar-refractivity contribution in [2.45, 2.75) is 19.8 Å². The smallest absolute Gasteiger partial charge is 0.278 e. The van der Waals surface area contributed by atoms with Gasteiger partial charge in [-0.05, 0) is 71.1 Å². The molecular formula is C17H14BrFN4O. The molecule has 0 unspecified atom stereocenters. The molecule has 0 atom stereocenters. The second-order valence-electron chi connectivity index (χ2n) is 5.86. The van der Waals surface area contributed by atoms with E-state index >= 15 is 0 Å². The molecule has 1 aliphatic rings. The molecule has 0 N–H and O–H groups in total. The number of imidazole rings is 1. The summed E-state index contributed by atoms with van der Waals surface area (Å²) in [5, 5.41) is 4.40. The van der Waals surface area contributed by atoms with Gasteiger partial charge in [-0.15, -0.1) is 0 Å². The predicted molar refractivity (Wildman–Crippen MR) is 91.8 cm³/mol. The number of carbonyl (C=O) groups is 1. The Balaban J connectivity index is 1.79. The Hall–Kier alpha value is -2.28. The van der Waals surface area contributed by atoms with Gasteiger partial charge in [-0.2, -0.15) is 5.10 Å². The molecule has 1 aromatic carbocycles. The van der Waals surface area contributed by atoms with Crippen molar-refractivity contribution >= 4 is 33.2 Å². The fourth-order valence-electron chi connectivity index (χ4n) is 3.11. The molecule has 1 amide bonds. The van der Waals surface area contributed by atoms with Crippen LogP contribution in [0, 0.1) is 12.7 Å². The molecule has 0 aliphatic carbocycles. The minimum Gasteiger partial charge on any atom is -0.307 e. The highest BCUT2D eigenvalue weighted by Crippen LogP contribution is 2.29. The third-order valence-corrected chi connectivity index (χ3v) is 4.78. The minimum absolute atomic E-state index is 0.187. The van der Waals surface area contributed by atoms with Crippen molar-refractivity contribution in [1.82, 2.24) is 14.6 Å². The van der Waals surface area contributed by atoms with Gasteiger partial charge in [0.05, 0.1) is 6.20 Å². The highest BCUT2D eigenvalue weighted by molar-refractivity contribution is 9.10. The van der Waals surface area contributed by atoms with Crippen molar-refractivity contribution in [3.63, 3.8) is 0 Å². The summed E-state index contributed by atoms with van der Waals surface area (Å²) < 4.78 is 15.8. The molecule has 2 aromatic heterocycles. The van der Waals surface area contributed by atoms with Gasteiger partial charge in [0.1, 0.15) is 16.1 Å². The van der Waals surface area contributed by atoms with Crippen LogP contribution in [0.4, 0.5) is 10.1 Å². The van der Waals surface area contributed by atoms with Gasteiger partial charge >= 0.3 is 0 Å². The number of nitrogens with zero attached hydrogens (tertiary/aromatic N) is 4. The number of fused-ring (bicyclic) bond motifs is 2. The standard InChI is InChI=1S/C17H14BrFN4O/c1-10-7-13(21-23-15(18)9-20-16(10)23)17(24)22-6-2-3-11-8-12(19)4-5-14(11)22/h4-5,7-9H,2-3,6H2,1H3. The maximum absolute atomic E-state index is 13.5. The van der Waals surface area contributed by atoms with Crippen molar-refractivity contribution in [2.75, 3.05) is 11.4 Å². The Morgan fingerprint density at radius 3 is 3.00 bits per heavy atom. The van der Waals surface area contributed by atoms with E-state index in [-0.39, 0.29) is 11.7 Å². The number of carbonyl (C=O) groups excluding carboxylic acids is 1. The van der Waals surface area contributed by atoms with Crippen LogP contribution in [0.15, 0.2) is 35.1 Å². The third-order valence-electron chi connectivity index (χ3n) is 4.23. The number of aryl methyl sites for hydroxylation is 2. The van der Waals surface area contributed by atoms with Crippen molar-refractivity contribution < 1.29 is 9.18 Å². The van der Waals surface area contributed by atoms with Crippen LogP contribution in [0.5, 0.6) is 0 Å². The summed E-state index contributed by atoms with van der Waals surface area (Å²) in [5.74, 6) is -0.464. The van der Waals surface area contributed by atoms with Gasteiger partial charge < -0.3 is 4.90 Å². The van der Waals surface area contributed by atoms with Crippen LogP contribution in [0.2, 0.25) is 0 Å². The van der Waals surface area contributed by atoms with E-state index < -0.39 is 0 Å². The van der Waals surface area contributed by atoms with Crippen LogP contribution in [0.3, 0.4) is 0 Å². The quantitative estimate of drug-likeness (QED) is 0.640. The summed E-state index contributed by atoms with van der Waals surface area (Å²) in [6.45, 7) is 2.49. The fourth-order valence-corrected chi connectivity index (χ4v) is 3.46. The van der Waals surface area contributed by atoms with E-state index in [0.717, 1.165) is 29.7 Å². The average Bonchev–Trinajstić information content (AvgIpc) is 2.95. The first kappa shape index (κ1) is 15.3. The summed E-state index contributed by atoms with van der Waals surface area (Å²) in [4.78, 5) is 18.9. The third kappa shape index (κ3) is 2.39. The van der Waals surface area contributed by atoms with Crippen LogP contribution in [0.1, 0.15) is 28.0 Å². The number of anilines is 1. The second-order valence-corrected chi connectivity index (χ2v) is 6.67. The van der Waals surface area contributed by atoms with E-state index in [4.69, 9.17) is 0 Å². The molecule has 24 heavy (non-hydrogen) atoms. The molecule has 122 valence electrons. The number of hydrogen-bond donors (Lipinski definition) is 0. The molecule has 4 rings (SSSR count). The van der Waals surface area contributed by atoms with E-state index in [1.165, 1.54) is 12.1 Å². The first-order chi connectivity index (χ1) is 11.5. The van der Waals surface area contributed by atoms with Crippen molar-refractivity contribution in [1.29, 1.82) is 0 Å². The normalized spacial score (nSPS) is 14.0. The molecule has 0 saturated carbocycles. The van der Waals surface area contributed by atoms with Gasteiger partial charge in [-0.1, -0.05) is 0 Å². The molecule has 7 heteroatoms. The fraction of sp³-hybridized carbons (Fsp3) is 0.235. The van der Waals surface area contributed by atoms with Gasteiger partial charge in [0.2, 0.25) is 0 Å². The number of rotatable bonds is 1. The molecule has 5 nitrogen and oxygen atoms in total. The monoisotopic (exact) mass is 388 g/mol. The second kappa shape index (κ2) is 5.66. The Bertz CT molecular complexity index is 969. The van der Waals surface area contributed by atoms with Crippen molar-refractivity contribution in [3.05, 3.63) is 57.7 Å². The number of halogens is 2. The average molecular weight is 389 g/mol. The van der Waals surface area contributed by atoms with E-state index in [1.54, 1.807) is 27.7 Å². The lowest BCUT2D eigenvalue weighted by Gasteiger charge is -2.29. The summed E-state index contributed by atoms with van der Waals surface area (Å²) >= 11 is 3.39. The number of benzene rings is 1. The van der Waals surface area contributed by atoms with E-state index in [9.17, 15) is 9.18 Å². The molecule has 0 saturated heterocycles. The zero-order valence-corrected chi connectivity index (χ0v) is 14.5. The zero-order chi connectivity index (χ0) is 16.8. The molecule has 1 aliphatic heterocycles. The topological polar surface area (TPSA) is 50.5 Å². The zero-order valence-electron chi connectivity index (χ0n) is 13.0. The summed E-state index contributed by atoms with van der Waals surface area (Å²) in [7, 11) is 0. The maximum atomic E-state index is 13.5. The number of hydrogen-bond acceptors (Lipinski definition) is 3. The molecule has 0 bridgehead atoms. The summed E-state index contributed by atoms with van der Waals surface area (Å²) in [6, 6.07) is 6.30. The lowest BCUT2D eigenvalue weighted by molar-refractivity contribution is 0.0979. The summed E-state index contributed by atoms with van der Waals surface area (Å²) in [5.41, 5.74) is 3.54. The van der Waals surface area contributed by atoms with Crippen molar-refractivity contribution in [2.24, 2.45) is 0 Å². The first-order valence-electron chi connectivity index (χ1n) is 7.66. The Morgan fingerprint density at radius 2 is 2.17 bits per heavy atom. The molecule has 3 aromatic rings. The predicted octanol–water partition coefficient (Wildman–Crippen LogP) is 3.53. The van der Waals surface area contributed by atoms with Crippen molar-refractivity contribution in [3.8, 4) is 0 Å². The number of amides is 1. The molecule has 3 heterocycles. The van der Waals surface area contributed by atoms with Gasteiger partial charge in [0.25, 0.3) is 5.91 Å². The first-order valence-corrected chi connectivity index (χ1v) is 8.45. The Kier molecular flexibility index (Phi) is 3.60. The molecule has 0 radical (unpaired) electrons. The molecular weight excluding hydrogens is 375 g/mol. The summed E-state index contributed by atoms with van der Waals surface area (Å²) in [6.07, 6.45) is 3.23. The maximum Gasteiger partial charge on any atom is 0.278 e. The minimum atomic E-state index is -0.277. The van der Waals surface area contributed by atoms with E-state index in [0.29, 0.717) is 22.5 Å². The number of aromatic nitrogens is 3. The van der Waals surface area contributed by atoms with Gasteiger partial charge in [0, 0.05) is 12.2 Å². The van der Waals surface area contributed by atoms with Crippen LogP contribution >= 0.6 is 15.9 Å². The van der Waals surface area contributed by atoms with E-state index in [1.807, 2.05) is 6.92 Å². The largest absolute Gasteiger partial charge is 0.307 e. The highest BCUT2D eigenvalue weighted by Gasteiger charge is 2.25. The van der Waals surface area contributed by atoms with Crippen LogP contribution < -0.4 is 4.90 Å². The van der Waals surface area contributed by atoms with Crippen LogP contribution in [0.25, 0.3) is 5.65 Å². The van der Waals surface area contributed by atoms with Crippen LogP contribution in [-0.2, 0) is 6.42 Å².